The van der Waals surface area contributed by atoms with Crippen molar-refractivity contribution in [1.29, 1.82) is 0 Å². The number of hydrogen-bond acceptors (Lipinski definition) is 6. The summed E-state index contributed by atoms with van der Waals surface area (Å²) >= 11 is 6.28. The van der Waals surface area contributed by atoms with Crippen molar-refractivity contribution in [3.8, 4) is 16.9 Å². The molecule has 0 spiro atoms. The van der Waals surface area contributed by atoms with Crippen LogP contribution in [0.3, 0.4) is 0 Å². The number of nitrogens with one attached hydrogen (secondary N) is 2. The Kier molecular flexibility index (Phi) is 9.98. The molecule has 1 saturated carbocycles. The number of aliphatic imine (C=N–C) groups is 1. The first kappa shape index (κ1) is 33.1. The Labute approximate surface area is 278 Å². The van der Waals surface area contributed by atoms with Gasteiger partial charge >= 0.3 is 5.69 Å². The highest BCUT2D eigenvalue weighted by atomic mass is 35.5. The molecule has 47 heavy (non-hydrogen) atoms. The third-order valence-electron chi connectivity index (χ3n) is 9.37. The van der Waals surface area contributed by atoms with E-state index in [4.69, 9.17) is 33.5 Å². The monoisotopic (exact) mass is 662 g/mol. The maximum Gasteiger partial charge on any atom is 0.354 e. The highest BCUT2D eigenvalue weighted by Gasteiger charge is 2.45. The summed E-state index contributed by atoms with van der Waals surface area (Å²) in [7, 11) is 0. The Bertz CT molecular complexity index is 1800. The van der Waals surface area contributed by atoms with Gasteiger partial charge in [0.2, 0.25) is 0 Å². The van der Waals surface area contributed by atoms with Crippen LogP contribution in [0.15, 0.2) is 58.4 Å². The largest absolute Gasteiger partial charge is 0.376 e. The molecule has 6 atom stereocenters. The van der Waals surface area contributed by atoms with Gasteiger partial charge in [0.25, 0.3) is 0 Å². The minimum Gasteiger partial charge on any atom is -0.376 e. The van der Waals surface area contributed by atoms with Gasteiger partial charge < -0.3 is 32.2 Å². The molecule has 3 heterocycles. The van der Waals surface area contributed by atoms with Crippen molar-refractivity contribution in [2.45, 2.75) is 89.1 Å². The van der Waals surface area contributed by atoms with Gasteiger partial charge in [0.15, 0.2) is 11.8 Å². The fourth-order valence-electron chi connectivity index (χ4n) is 7.04. The first-order chi connectivity index (χ1) is 22.6. The maximum absolute atomic E-state index is 15.2. The van der Waals surface area contributed by atoms with Crippen LogP contribution in [0.1, 0.15) is 69.5 Å². The van der Waals surface area contributed by atoms with Crippen molar-refractivity contribution >= 4 is 28.6 Å². The van der Waals surface area contributed by atoms with Crippen molar-refractivity contribution in [3.05, 3.63) is 81.1 Å². The zero-order valence-corrected chi connectivity index (χ0v) is 27.6. The van der Waals surface area contributed by atoms with Gasteiger partial charge in [-0.25, -0.2) is 9.18 Å². The Hall–Kier alpha value is -3.77. The molecule has 2 unspecified atom stereocenters. The summed E-state index contributed by atoms with van der Waals surface area (Å²) in [6, 6.07) is 13.6. The van der Waals surface area contributed by atoms with Gasteiger partial charge in [0.1, 0.15) is 5.65 Å². The standard InChI is InChI=1S/C35H44ClFN8O2/c1-3-5-28(42-30-16-24(41-34(39)40)14-23-18-47-32(23)30)21-8-10-25(11-9-21)45-17-22-15-29(43-33(22)44-35(45)46)26-12-20(7-4-6-19(2)38)13-27(36)31(26)37/h8-13,15,17,19,23-24,28,30,32,42H,3-7,14,16,18,38H2,1-2H3,(H4,39,40,41)(H,43,44,46)/t19-,23?,24+,28-,30?,32-/m0/s1. The van der Waals surface area contributed by atoms with Crippen molar-refractivity contribution in [3.63, 3.8) is 0 Å². The van der Waals surface area contributed by atoms with Gasteiger partial charge in [-0.15, -0.1) is 0 Å². The lowest BCUT2D eigenvalue weighted by Gasteiger charge is -2.48. The van der Waals surface area contributed by atoms with E-state index in [1.807, 2.05) is 31.2 Å². The second-order valence-electron chi connectivity index (χ2n) is 13.1. The molecule has 2 aromatic carbocycles. The number of nitrogens with zero attached hydrogens (tertiary/aromatic N) is 3. The van der Waals surface area contributed by atoms with E-state index in [1.54, 1.807) is 24.4 Å². The summed E-state index contributed by atoms with van der Waals surface area (Å²) in [4.78, 5) is 25.0. The van der Waals surface area contributed by atoms with E-state index >= 15 is 4.39 Å². The molecule has 2 fully saturated rings. The average molecular weight is 663 g/mol. The predicted octanol–water partition coefficient (Wildman–Crippen LogP) is 5.09. The van der Waals surface area contributed by atoms with E-state index in [-0.39, 0.29) is 41.3 Å². The molecule has 2 aromatic heterocycles. The highest BCUT2D eigenvalue weighted by Crippen LogP contribution is 2.38. The molecule has 10 nitrogen and oxygen atoms in total. The number of aryl methyl sites for hydroxylation is 1. The highest BCUT2D eigenvalue weighted by molar-refractivity contribution is 6.31. The maximum atomic E-state index is 15.2. The summed E-state index contributed by atoms with van der Waals surface area (Å²) in [6.07, 6.45) is 8.04. The van der Waals surface area contributed by atoms with E-state index in [9.17, 15) is 4.79 Å². The van der Waals surface area contributed by atoms with E-state index in [0.717, 1.165) is 62.7 Å². The topological polar surface area (TPSA) is 162 Å². The molecular weight excluding hydrogens is 619 g/mol. The van der Waals surface area contributed by atoms with Crippen molar-refractivity contribution in [2.24, 2.45) is 28.1 Å². The van der Waals surface area contributed by atoms with Gasteiger partial charge in [0.05, 0.1) is 35.2 Å². The lowest BCUT2D eigenvalue weighted by atomic mass is 9.76. The third kappa shape index (κ3) is 7.38. The van der Waals surface area contributed by atoms with Gasteiger partial charge in [-0.05, 0) is 86.9 Å². The number of aromatic nitrogens is 3. The Balaban J connectivity index is 1.23. The quantitative estimate of drug-likeness (QED) is 0.104. The van der Waals surface area contributed by atoms with Gasteiger partial charge in [-0.3, -0.25) is 9.56 Å². The van der Waals surface area contributed by atoms with E-state index in [2.05, 4.69) is 27.2 Å². The van der Waals surface area contributed by atoms with Gasteiger partial charge in [0, 0.05) is 41.2 Å². The van der Waals surface area contributed by atoms with Crippen LogP contribution in [-0.2, 0) is 11.2 Å². The van der Waals surface area contributed by atoms with Crippen molar-refractivity contribution < 1.29 is 9.13 Å². The molecule has 1 aliphatic heterocycles. The first-order valence-corrected chi connectivity index (χ1v) is 16.9. The van der Waals surface area contributed by atoms with E-state index in [0.29, 0.717) is 33.9 Å². The fourth-order valence-corrected chi connectivity index (χ4v) is 7.28. The van der Waals surface area contributed by atoms with Crippen LogP contribution in [0.2, 0.25) is 5.02 Å². The molecule has 0 radical (unpaired) electrons. The zero-order valence-electron chi connectivity index (χ0n) is 26.9. The Morgan fingerprint density at radius 1 is 1.21 bits per heavy atom. The Morgan fingerprint density at radius 2 is 2.00 bits per heavy atom. The van der Waals surface area contributed by atoms with Gasteiger partial charge in [-0.2, -0.15) is 4.98 Å². The summed E-state index contributed by atoms with van der Waals surface area (Å²) < 4.78 is 22.7. The lowest BCUT2D eigenvalue weighted by molar-refractivity contribution is -0.153. The molecule has 0 bridgehead atoms. The zero-order chi connectivity index (χ0) is 33.2. The molecule has 0 amide bonds. The van der Waals surface area contributed by atoms with Crippen LogP contribution >= 0.6 is 11.6 Å². The predicted molar refractivity (Wildman–Crippen MR) is 185 cm³/mol. The molecule has 2 aliphatic rings. The molecule has 1 saturated heterocycles. The summed E-state index contributed by atoms with van der Waals surface area (Å²) in [5, 5.41) is 4.57. The Morgan fingerprint density at radius 3 is 2.68 bits per heavy atom. The van der Waals surface area contributed by atoms with Crippen molar-refractivity contribution in [1.82, 2.24) is 19.9 Å². The van der Waals surface area contributed by atoms with Crippen LogP contribution in [0.5, 0.6) is 0 Å². The number of halogens is 2. The number of benzene rings is 2. The number of rotatable bonds is 12. The van der Waals surface area contributed by atoms with Crippen LogP contribution in [0, 0.1) is 11.7 Å². The molecule has 8 N–H and O–H groups in total. The number of hydrogen-bond donors (Lipinski definition) is 5. The molecule has 1 aliphatic carbocycles. The SMILES string of the molecule is CCC[C@H](NC1C[C@H](N=C(N)N)CC2CO[C@@H]21)c1ccc(-n2cc3cc(-c4cc(CCC[C@H](C)N)cc(Cl)c4F)[nH]c3nc2=O)cc1. The smallest absolute Gasteiger partial charge is 0.354 e. The fraction of sp³-hybridized carbons (Fsp3) is 0.457. The van der Waals surface area contributed by atoms with E-state index in [1.165, 1.54) is 4.57 Å². The molecule has 250 valence electrons. The third-order valence-corrected chi connectivity index (χ3v) is 9.65. The molecule has 12 heteroatoms. The molecular formula is C35H44ClFN8O2. The first-order valence-electron chi connectivity index (χ1n) is 16.5. The van der Waals surface area contributed by atoms with E-state index < -0.39 is 11.5 Å². The summed E-state index contributed by atoms with van der Waals surface area (Å²) in [5.74, 6) is 0.0565. The normalized spacial score (nSPS) is 22.0. The van der Waals surface area contributed by atoms with Crippen LogP contribution in [0.4, 0.5) is 4.39 Å². The van der Waals surface area contributed by atoms with Gasteiger partial charge in [-0.1, -0.05) is 37.1 Å². The summed E-state index contributed by atoms with van der Waals surface area (Å²) in [6.45, 7) is 4.87. The van der Waals surface area contributed by atoms with Crippen LogP contribution in [-0.4, -0.2) is 51.3 Å². The number of aromatic amines is 1. The minimum absolute atomic E-state index is 0.0533. The summed E-state index contributed by atoms with van der Waals surface area (Å²) in [5.41, 5.74) is 20.8. The number of guanidine groups is 1. The molecule has 6 rings (SSSR count). The average Bonchev–Trinajstić information content (AvgIpc) is 3.42. The number of H-pyrrole nitrogens is 1. The van der Waals surface area contributed by atoms with Crippen LogP contribution < -0.4 is 28.2 Å². The minimum atomic E-state index is -0.519. The second kappa shape index (κ2) is 14.1. The van der Waals surface area contributed by atoms with Crippen molar-refractivity contribution in [2.75, 3.05) is 6.61 Å². The second-order valence-corrected chi connectivity index (χ2v) is 13.5. The van der Waals surface area contributed by atoms with Crippen LogP contribution in [0.25, 0.3) is 28.0 Å². The molecule has 4 aromatic rings. The number of nitrogens with two attached hydrogens (primary N) is 3. The number of ether oxygens (including phenoxy) is 1. The lowest BCUT2D eigenvalue weighted by Crippen LogP contribution is -2.59. The number of fused-ring (bicyclic) bond motifs is 2.